The van der Waals surface area contributed by atoms with Gasteiger partial charge in [-0.25, -0.2) is 18.4 Å². The maximum absolute atomic E-state index is 11.5. The van der Waals surface area contributed by atoms with E-state index >= 15 is 0 Å². The number of hydrogen-bond donors (Lipinski definition) is 1. The van der Waals surface area contributed by atoms with Gasteiger partial charge >= 0.3 is 0 Å². The smallest absolute Gasteiger partial charge is 0.246 e. The average molecular weight is 320 g/mol. The summed E-state index contributed by atoms with van der Waals surface area (Å²) < 4.78 is 23.0. The highest BCUT2D eigenvalue weighted by Crippen LogP contribution is 2.20. The number of hydrogen-bond acceptors (Lipinski definition) is 5. The molecule has 0 saturated heterocycles. The van der Waals surface area contributed by atoms with Crippen molar-refractivity contribution in [2.75, 3.05) is 12.8 Å². The topological polar surface area (TPSA) is 79.0 Å². The average Bonchev–Trinajstić information content (AvgIpc) is 2.75. The fourth-order valence-corrected chi connectivity index (χ4v) is 3.36. The molecule has 7 heteroatoms. The number of rotatable bonds is 3. The van der Waals surface area contributed by atoms with Crippen LogP contribution in [0.1, 0.15) is 28.2 Å². The number of sulfone groups is 1. The summed E-state index contributed by atoms with van der Waals surface area (Å²) in [5.74, 6) is 0. The van der Waals surface area contributed by atoms with Gasteiger partial charge in [0, 0.05) is 55.5 Å². The fourth-order valence-electron chi connectivity index (χ4n) is 2.84. The third kappa shape index (κ3) is 3.05. The van der Waals surface area contributed by atoms with Crippen LogP contribution in [0.15, 0.2) is 17.4 Å². The van der Waals surface area contributed by atoms with Gasteiger partial charge in [0.1, 0.15) is 0 Å². The maximum Gasteiger partial charge on any atom is 0.246 e. The maximum atomic E-state index is 11.5. The highest BCUT2D eigenvalue weighted by atomic mass is 32.2. The van der Waals surface area contributed by atoms with Gasteiger partial charge in [-0.15, -0.1) is 0 Å². The summed E-state index contributed by atoms with van der Waals surface area (Å²) in [5, 5.41) is -0.0736. The molecular formula is C15H20N4O2S. The Labute approximate surface area is 130 Å². The molecule has 0 fully saturated rings. The normalized spacial score (nSPS) is 15.8. The Hall–Kier alpha value is -1.73. The van der Waals surface area contributed by atoms with Crippen LogP contribution in [-0.4, -0.2) is 41.1 Å². The number of fused-ring (bicyclic) bond motifs is 1. The molecule has 0 atom stereocenters. The molecule has 1 N–H and O–H groups in total. The largest absolute Gasteiger partial charge is 0.361 e. The second-order valence-electron chi connectivity index (χ2n) is 5.97. The van der Waals surface area contributed by atoms with Gasteiger partial charge in [-0.05, 0) is 25.5 Å². The van der Waals surface area contributed by atoms with Crippen LogP contribution in [0.5, 0.6) is 0 Å². The van der Waals surface area contributed by atoms with Crippen molar-refractivity contribution in [3.63, 3.8) is 0 Å². The van der Waals surface area contributed by atoms with Crippen molar-refractivity contribution >= 4 is 9.84 Å². The van der Waals surface area contributed by atoms with E-state index in [1.165, 1.54) is 17.0 Å². The van der Waals surface area contributed by atoms with Crippen molar-refractivity contribution in [2.24, 2.45) is 0 Å². The molecule has 3 rings (SSSR count). The molecule has 0 radical (unpaired) electrons. The molecule has 2 aromatic rings. The van der Waals surface area contributed by atoms with Gasteiger partial charge in [0.15, 0.2) is 0 Å². The Morgan fingerprint density at radius 2 is 2.14 bits per heavy atom. The van der Waals surface area contributed by atoms with E-state index in [4.69, 9.17) is 0 Å². The molecule has 0 bridgehead atoms. The third-order valence-electron chi connectivity index (χ3n) is 3.96. The molecule has 3 heterocycles. The summed E-state index contributed by atoms with van der Waals surface area (Å²) in [4.78, 5) is 13.9. The minimum absolute atomic E-state index is 0.0736. The Morgan fingerprint density at radius 1 is 1.36 bits per heavy atom. The van der Waals surface area contributed by atoms with Gasteiger partial charge in [0.2, 0.25) is 15.0 Å². The zero-order valence-electron chi connectivity index (χ0n) is 13.0. The first-order valence-electron chi connectivity index (χ1n) is 7.25. The second kappa shape index (κ2) is 5.48. The summed E-state index contributed by atoms with van der Waals surface area (Å²) >= 11 is 0. The molecule has 118 valence electrons. The number of aryl methyl sites for hydroxylation is 2. The van der Waals surface area contributed by atoms with Crippen molar-refractivity contribution in [1.29, 1.82) is 0 Å². The molecule has 0 amide bonds. The molecule has 0 unspecified atom stereocenters. The van der Waals surface area contributed by atoms with Crippen molar-refractivity contribution in [3.8, 4) is 0 Å². The molecule has 0 aromatic carbocycles. The number of nitrogens with one attached hydrogen (secondary N) is 1. The minimum Gasteiger partial charge on any atom is -0.361 e. The van der Waals surface area contributed by atoms with Gasteiger partial charge in [-0.2, -0.15) is 0 Å². The Kier molecular flexibility index (Phi) is 3.78. The Morgan fingerprint density at radius 3 is 2.77 bits per heavy atom. The number of H-pyrrole nitrogens is 1. The standard InChI is InChI=1S/C15H20N4O2S/c1-10-6-11(2)17-14(10)9-19-5-4-13-12(8-19)7-16-15(18-13)22(3,20)21/h6-7,17H,4-5,8-9H2,1-3H3. The SMILES string of the molecule is Cc1cc(C)c(CN2CCc3nc(S(C)(=O)=O)ncc3C2)[nH]1. The Bertz CT molecular complexity index is 811. The molecule has 1 aliphatic heterocycles. The van der Waals surface area contributed by atoms with Gasteiger partial charge in [0.25, 0.3) is 0 Å². The molecule has 6 nitrogen and oxygen atoms in total. The highest BCUT2D eigenvalue weighted by molar-refractivity contribution is 7.90. The molecule has 0 spiro atoms. The predicted molar refractivity (Wildman–Crippen MR) is 83.2 cm³/mol. The van der Waals surface area contributed by atoms with Crippen LogP contribution in [0.4, 0.5) is 0 Å². The lowest BCUT2D eigenvalue weighted by Gasteiger charge is -2.27. The minimum atomic E-state index is -3.34. The first kappa shape index (κ1) is 15.2. The summed E-state index contributed by atoms with van der Waals surface area (Å²) in [5.41, 5.74) is 5.54. The van der Waals surface area contributed by atoms with Crippen LogP contribution in [0.25, 0.3) is 0 Å². The molecule has 0 saturated carbocycles. The van der Waals surface area contributed by atoms with Crippen LogP contribution in [0.2, 0.25) is 0 Å². The van der Waals surface area contributed by atoms with E-state index in [-0.39, 0.29) is 5.16 Å². The van der Waals surface area contributed by atoms with Crippen LogP contribution in [0, 0.1) is 13.8 Å². The molecule has 22 heavy (non-hydrogen) atoms. The first-order chi connectivity index (χ1) is 10.3. The number of aromatic nitrogens is 3. The van der Waals surface area contributed by atoms with Crippen molar-refractivity contribution in [3.05, 3.63) is 40.5 Å². The van der Waals surface area contributed by atoms with Crippen LogP contribution >= 0.6 is 0 Å². The molecule has 2 aromatic heterocycles. The van der Waals surface area contributed by atoms with Gasteiger partial charge in [-0.1, -0.05) is 0 Å². The lowest BCUT2D eigenvalue weighted by Crippen LogP contribution is -2.31. The molecule has 1 aliphatic rings. The zero-order chi connectivity index (χ0) is 15.9. The van der Waals surface area contributed by atoms with E-state index in [2.05, 4.69) is 39.8 Å². The summed E-state index contributed by atoms with van der Waals surface area (Å²) in [6.45, 7) is 6.63. The van der Waals surface area contributed by atoms with Crippen molar-refractivity contribution < 1.29 is 8.42 Å². The lowest BCUT2D eigenvalue weighted by molar-refractivity contribution is 0.239. The van der Waals surface area contributed by atoms with Crippen LogP contribution < -0.4 is 0 Å². The zero-order valence-corrected chi connectivity index (χ0v) is 13.9. The molecular weight excluding hydrogens is 300 g/mol. The summed E-state index contributed by atoms with van der Waals surface area (Å²) in [6.07, 6.45) is 3.54. The van der Waals surface area contributed by atoms with E-state index in [1.807, 2.05) is 0 Å². The van der Waals surface area contributed by atoms with Gasteiger partial charge in [-0.3, -0.25) is 4.90 Å². The quantitative estimate of drug-likeness (QED) is 0.865. The van der Waals surface area contributed by atoms with E-state index in [1.54, 1.807) is 6.20 Å². The van der Waals surface area contributed by atoms with Gasteiger partial charge in [0.05, 0.1) is 5.69 Å². The van der Waals surface area contributed by atoms with Crippen molar-refractivity contribution in [2.45, 2.75) is 38.5 Å². The van der Waals surface area contributed by atoms with Gasteiger partial charge < -0.3 is 4.98 Å². The van der Waals surface area contributed by atoms with Crippen LogP contribution in [0.3, 0.4) is 0 Å². The third-order valence-corrected chi connectivity index (χ3v) is 4.82. The summed E-state index contributed by atoms with van der Waals surface area (Å²) in [7, 11) is -3.34. The van der Waals surface area contributed by atoms with Crippen molar-refractivity contribution in [1.82, 2.24) is 19.9 Å². The fraction of sp³-hybridized carbons (Fsp3) is 0.467. The Balaban J connectivity index is 1.78. The summed E-state index contributed by atoms with van der Waals surface area (Å²) in [6, 6.07) is 2.15. The van der Waals surface area contributed by atoms with E-state index < -0.39 is 9.84 Å². The van der Waals surface area contributed by atoms with Crippen LogP contribution in [-0.2, 0) is 29.3 Å². The first-order valence-corrected chi connectivity index (χ1v) is 9.14. The van der Waals surface area contributed by atoms with E-state index in [0.29, 0.717) is 0 Å². The second-order valence-corrected chi connectivity index (χ2v) is 7.88. The van der Waals surface area contributed by atoms with E-state index in [9.17, 15) is 8.42 Å². The predicted octanol–water partition coefficient (Wildman–Crippen LogP) is 1.38. The number of nitrogens with zero attached hydrogens (tertiary/aromatic N) is 3. The lowest BCUT2D eigenvalue weighted by atomic mass is 10.1. The number of aromatic amines is 1. The molecule has 0 aliphatic carbocycles. The highest BCUT2D eigenvalue weighted by Gasteiger charge is 2.21. The monoisotopic (exact) mass is 320 g/mol. The van der Waals surface area contributed by atoms with E-state index in [0.717, 1.165) is 43.6 Å².